The molecular formula is C21H29NO4. The van der Waals surface area contributed by atoms with Crippen LogP contribution in [0.15, 0.2) is 17.8 Å². The van der Waals surface area contributed by atoms with E-state index in [2.05, 4.69) is 27.7 Å². The van der Waals surface area contributed by atoms with E-state index in [1.165, 1.54) is 5.57 Å². The van der Waals surface area contributed by atoms with Gasteiger partial charge in [0.2, 0.25) is 0 Å². The maximum absolute atomic E-state index is 11.9. The van der Waals surface area contributed by atoms with Gasteiger partial charge < -0.3 is 19.8 Å². The van der Waals surface area contributed by atoms with E-state index in [-0.39, 0.29) is 17.4 Å². The number of carbonyl (C=O) groups is 1. The highest BCUT2D eigenvalue weighted by atomic mass is 16.5. The van der Waals surface area contributed by atoms with E-state index in [4.69, 9.17) is 4.74 Å². The first-order valence-electron chi connectivity index (χ1n) is 9.53. The van der Waals surface area contributed by atoms with Gasteiger partial charge in [-0.15, -0.1) is 0 Å². The molecule has 2 heterocycles. The highest BCUT2D eigenvalue weighted by molar-refractivity contribution is 5.97. The fourth-order valence-corrected chi connectivity index (χ4v) is 4.16. The number of phenols is 1. The van der Waals surface area contributed by atoms with Crippen molar-refractivity contribution in [3.8, 4) is 11.5 Å². The standard InChI is InChI=1S/C21H29NO4/c1-5-6-7-8-14-11-15-18(19(23)17(14)20(24)25)22-12-13(2)9-10-16(22)21(3,4)26-15/h11-12,16,23H,5-10H2,1-4H3,(H,24,25). The van der Waals surface area contributed by atoms with Crippen LogP contribution in [0.4, 0.5) is 5.69 Å². The predicted octanol–water partition coefficient (Wildman–Crippen LogP) is 4.87. The molecule has 1 aromatic carbocycles. The Morgan fingerprint density at radius 3 is 2.77 bits per heavy atom. The zero-order valence-corrected chi connectivity index (χ0v) is 16.1. The third-order valence-corrected chi connectivity index (χ3v) is 5.53. The molecule has 1 atom stereocenters. The molecule has 0 radical (unpaired) electrons. The molecule has 3 rings (SSSR count). The Balaban J connectivity index is 2.15. The van der Waals surface area contributed by atoms with Crippen LogP contribution in [0.3, 0.4) is 0 Å². The van der Waals surface area contributed by atoms with Crippen molar-refractivity contribution >= 4 is 11.7 Å². The molecule has 0 fully saturated rings. The second kappa shape index (κ2) is 6.86. The Hall–Kier alpha value is -2.17. The largest absolute Gasteiger partial charge is 0.505 e. The molecule has 0 aliphatic carbocycles. The van der Waals surface area contributed by atoms with Crippen LogP contribution in [0.25, 0.3) is 0 Å². The molecule has 0 spiro atoms. The number of hydrogen-bond donors (Lipinski definition) is 2. The lowest BCUT2D eigenvalue weighted by Gasteiger charge is -2.49. The average Bonchev–Trinajstić information content (AvgIpc) is 2.53. The van der Waals surface area contributed by atoms with E-state index < -0.39 is 11.6 Å². The Bertz CT molecular complexity index is 751. The van der Waals surface area contributed by atoms with Gasteiger partial charge in [0.05, 0.1) is 6.04 Å². The number of aromatic hydroxyl groups is 1. The first-order valence-corrected chi connectivity index (χ1v) is 9.53. The van der Waals surface area contributed by atoms with Gasteiger partial charge in [-0.05, 0) is 58.1 Å². The summed E-state index contributed by atoms with van der Waals surface area (Å²) in [4.78, 5) is 13.9. The minimum Gasteiger partial charge on any atom is -0.505 e. The third-order valence-electron chi connectivity index (χ3n) is 5.53. The van der Waals surface area contributed by atoms with Crippen LogP contribution in [0.2, 0.25) is 0 Å². The van der Waals surface area contributed by atoms with Crippen molar-refractivity contribution in [1.29, 1.82) is 0 Å². The van der Waals surface area contributed by atoms with E-state index in [1.54, 1.807) is 0 Å². The number of nitrogens with zero attached hydrogens (tertiary/aromatic N) is 1. The molecule has 1 aromatic rings. The second-order valence-electron chi connectivity index (χ2n) is 8.01. The Kier molecular flexibility index (Phi) is 4.91. The summed E-state index contributed by atoms with van der Waals surface area (Å²) >= 11 is 0. The van der Waals surface area contributed by atoms with E-state index in [0.29, 0.717) is 23.4 Å². The molecule has 26 heavy (non-hydrogen) atoms. The topological polar surface area (TPSA) is 70.0 Å². The minimum atomic E-state index is -1.09. The molecule has 0 amide bonds. The van der Waals surface area contributed by atoms with Crippen LogP contribution in [-0.4, -0.2) is 27.8 Å². The number of aromatic carboxylic acids is 1. The van der Waals surface area contributed by atoms with Crippen molar-refractivity contribution in [2.24, 2.45) is 0 Å². The zero-order chi connectivity index (χ0) is 19.1. The number of aryl methyl sites for hydroxylation is 1. The van der Waals surface area contributed by atoms with E-state index in [9.17, 15) is 15.0 Å². The van der Waals surface area contributed by atoms with Crippen molar-refractivity contribution < 1.29 is 19.7 Å². The van der Waals surface area contributed by atoms with E-state index in [1.807, 2.05) is 17.2 Å². The van der Waals surface area contributed by atoms with Gasteiger partial charge in [0.15, 0.2) is 5.75 Å². The van der Waals surface area contributed by atoms with Crippen LogP contribution in [0.1, 0.15) is 75.7 Å². The molecule has 0 saturated heterocycles. The summed E-state index contributed by atoms with van der Waals surface area (Å²) in [5, 5.41) is 20.6. The Morgan fingerprint density at radius 2 is 2.12 bits per heavy atom. The molecule has 0 bridgehead atoms. The summed E-state index contributed by atoms with van der Waals surface area (Å²) in [6, 6.07) is 1.89. The van der Waals surface area contributed by atoms with Gasteiger partial charge in [-0.2, -0.15) is 0 Å². The summed E-state index contributed by atoms with van der Waals surface area (Å²) < 4.78 is 6.26. The molecular weight excluding hydrogens is 330 g/mol. The first-order chi connectivity index (χ1) is 12.3. The Morgan fingerprint density at radius 1 is 1.38 bits per heavy atom. The van der Waals surface area contributed by atoms with Crippen molar-refractivity contribution in [1.82, 2.24) is 0 Å². The fourth-order valence-electron chi connectivity index (χ4n) is 4.16. The smallest absolute Gasteiger partial charge is 0.339 e. The fraction of sp³-hybridized carbons (Fsp3) is 0.571. The normalized spacial score (nSPS) is 20.7. The number of fused-ring (bicyclic) bond motifs is 3. The summed E-state index contributed by atoms with van der Waals surface area (Å²) in [7, 11) is 0. The number of allylic oxidation sites excluding steroid dienone is 1. The molecule has 0 saturated carbocycles. The summed E-state index contributed by atoms with van der Waals surface area (Å²) in [6.07, 6.45) is 7.52. The third kappa shape index (κ3) is 3.15. The van der Waals surface area contributed by atoms with E-state index in [0.717, 1.165) is 32.1 Å². The highest BCUT2D eigenvalue weighted by Crippen LogP contribution is 2.51. The number of unbranched alkanes of at least 4 members (excludes halogenated alkanes) is 2. The second-order valence-corrected chi connectivity index (χ2v) is 8.01. The van der Waals surface area contributed by atoms with Crippen molar-refractivity contribution in [3.63, 3.8) is 0 Å². The van der Waals surface area contributed by atoms with E-state index >= 15 is 0 Å². The van der Waals surface area contributed by atoms with Crippen LogP contribution >= 0.6 is 0 Å². The lowest BCUT2D eigenvalue weighted by atomic mass is 9.85. The van der Waals surface area contributed by atoms with Crippen LogP contribution < -0.4 is 9.64 Å². The van der Waals surface area contributed by atoms with Crippen molar-refractivity contribution in [2.45, 2.75) is 77.9 Å². The summed E-state index contributed by atoms with van der Waals surface area (Å²) in [5.41, 5.74) is 1.95. The molecule has 142 valence electrons. The number of rotatable bonds is 5. The summed E-state index contributed by atoms with van der Waals surface area (Å²) in [5.74, 6) is -0.685. The number of hydrogen-bond acceptors (Lipinski definition) is 4. The number of anilines is 1. The molecule has 0 aromatic heterocycles. The molecule has 2 N–H and O–H groups in total. The van der Waals surface area contributed by atoms with Crippen LogP contribution in [0.5, 0.6) is 11.5 Å². The van der Waals surface area contributed by atoms with Crippen molar-refractivity contribution in [3.05, 3.63) is 29.0 Å². The molecule has 5 nitrogen and oxygen atoms in total. The van der Waals surface area contributed by atoms with Gasteiger partial charge in [-0.3, -0.25) is 0 Å². The lowest BCUT2D eigenvalue weighted by molar-refractivity contribution is 0.0615. The average molecular weight is 359 g/mol. The van der Waals surface area contributed by atoms with Gasteiger partial charge in [0.1, 0.15) is 22.6 Å². The van der Waals surface area contributed by atoms with Crippen molar-refractivity contribution in [2.75, 3.05) is 4.90 Å². The quantitative estimate of drug-likeness (QED) is 0.734. The number of carboxylic acid groups (broad SMARTS) is 1. The number of ether oxygens (including phenoxy) is 1. The number of benzene rings is 1. The summed E-state index contributed by atoms with van der Waals surface area (Å²) in [6.45, 7) is 8.29. The molecule has 2 aliphatic rings. The molecule has 5 heteroatoms. The monoisotopic (exact) mass is 359 g/mol. The SMILES string of the molecule is CCCCCc1cc2c(c(O)c1C(=O)O)N1C=C(C)CCC1C(C)(C)O2. The highest BCUT2D eigenvalue weighted by Gasteiger charge is 2.44. The minimum absolute atomic E-state index is 0.0125. The zero-order valence-electron chi connectivity index (χ0n) is 16.1. The maximum Gasteiger partial charge on any atom is 0.339 e. The molecule has 2 aliphatic heterocycles. The van der Waals surface area contributed by atoms with Gasteiger partial charge in [0.25, 0.3) is 0 Å². The van der Waals surface area contributed by atoms with Gasteiger partial charge in [-0.1, -0.05) is 25.3 Å². The number of carboxylic acids is 1. The molecule has 1 unspecified atom stereocenters. The van der Waals surface area contributed by atoms with Crippen LogP contribution in [0, 0.1) is 0 Å². The van der Waals surface area contributed by atoms with Gasteiger partial charge in [0, 0.05) is 6.20 Å². The van der Waals surface area contributed by atoms with Gasteiger partial charge >= 0.3 is 5.97 Å². The first kappa shape index (κ1) is 18.6. The Labute approximate surface area is 155 Å². The van der Waals surface area contributed by atoms with Crippen LogP contribution in [-0.2, 0) is 6.42 Å². The van der Waals surface area contributed by atoms with Gasteiger partial charge in [-0.25, -0.2) is 4.79 Å². The maximum atomic E-state index is 11.9. The predicted molar refractivity (Wildman–Crippen MR) is 102 cm³/mol. The lowest BCUT2D eigenvalue weighted by Crippen LogP contribution is -2.55.